The maximum atomic E-state index is 2.48. The highest BCUT2D eigenvalue weighted by Crippen LogP contribution is 2.45. The van der Waals surface area contributed by atoms with Crippen molar-refractivity contribution in [1.82, 2.24) is 4.57 Å². The average Bonchev–Trinajstić information content (AvgIpc) is 3.84. The van der Waals surface area contributed by atoms with E-state index in [4.69, 9.17) is 0 Å². The zero-order valence-corrected chi connectivity index (χ0v) is 33.2. The van der Waals surface area contributed by atoms with Crippen LogP contribution in [-0.4, -0.2) is 4.57 Å². The molecule has 0 saturated heterocycles. The quantitative estimate of drug-likeness (QED) is 0.163. The third-order valence-corrected chi connectivity index (χ3v) is 13.4. The van der Waals surface area contributed by atoms with Crippen molar-refractivity contribution in [3.63, 3.8) is 0 Å². The Kier molecular flexibility index (Phi) is 7.89. The summed E-state index contributed by atoms with van der Waals surface area (Å²) < 4.78 is 5.09. The number of hydrogen-bond acceptors (Lipinski definition) is 2. The highest BCUT2D eigenvalue weighted by Gasteiger charge is 2.20. The molecule has 0 amide bonds. The maximum Gasteiger partial charge on any atom is 0.0547 e. The minimum Gasteiger partial charge on any atom is -0.310 e. The predicted molar refractivity (Wildman–Crippen MR) is 255 cm³/mol. The number of allylic oxidation sites excluding steroid dienone is 4. The molecule has 0 aliphatic heterocycles. The molecule has 11 aromatic rings. The molecule has 2 nitrogen and oxygen atoms in total. The van der Waals surface area contributed by atoms with Gasteiger partial charge in [0.2, 0.25) is 0 Å². The summed E-state index contributed by atoms with van der Waals surface area (Å²) >= 11 is 1.89. The molecule has 0 fully saturated rings. The summed E-state index contributed by atoms with van der Waals surface area (Å²) in [5.74, 6) is 0. The molecule has 0 bridgehead atoms. The number of rotatable bonds is 6. The molecule has 1 aliphatic rings. The standard InChI is InChI=1S/C56H38N2S/c1-2-13-37(14-3-1)41-19-12-20-45(31-41)57(46-30-25-38-15-4-5-16-40(38)32-46)44-28-26-39(27-29-44)50-35-47(36-52-49-22-9-11-24-55(49)59-56(50)52)58-53-23-10-8-21-48(53)51-33-42-17-6-7-18-43(42)34-54(51)58/h1-2,4-13,15-36H,3,14H2. The molecular formula is C56H38N2S. The molecular weight excluding hydrogens is 733 g/mol. The maximum absolute atomic E-state index is 2.48. The number of para-hydroxylation sites is 1. The molecule has 278 valence electrons. The number of thiophene rings is 1. The highest BCUT2D eigenvalue weighted by molar-refractivity contribution is 7.26. The minimum absolute atomic E-state index is 1.06. The first-order valence-corrected chi connectivity index (χ1v) is 21.3. The number of aromatic nitrogens is 1. The van der Waals surface area contributed by atoms with Crippen LogP contribution in [0.5, 0.6) is 0 Å². The molecule has 9 aromatic carbocycles. The zero-order chi connectivity index (χ0) is 38.9. The Morgan fingerprint density at radius 1 is 0.458 bits per heavy atom. The molecule has 0 saturated carbocycles. The van der Waals surface area contributed by atoms with Gasteiger partial charge in [-0.3, -0.25) is 0 Å². The van der Waals surface area contributed by atoms with Crippen molar-refractivity contribution in [3.8, 4) is 16.8 Å². The summed E-state index contributed by atoms with van der Waals surface area (Å²) in [7, 11) is 0. The van der Waals surface area contributed by atoms with Crippen LogP contribution < -0.4 is 4.90 Å². The van der Waals surface area contributed by atoms with Gasteiger partial charge in [0.25, 0.3) is 0 Å². The van der Waals surface area contributed by atoms with E-state index in [0.29, 0.717) is 0 Å². The van der Waals surface area contributed by atoms with Crippen molar-refractivity contribution < 1.29 is 0 Å². The average molecular weight is 771 g/mol. The van der Waals surface area contributed by atoms with Crippen molar-refractivity contribution in [2.45, 2.75) is 12.8 Å². The largest absolute Gasteiger partial charge is 0.310 e. The number of nitrogens with zero attached hydrogens (tertiary/aromatic N) is 2. The van der Waals surface area contributed by atoms with Gasteiger partial charge in [-0.1, -0.05) is 133 Å². The van der Waals surface area contributed by atoms with E-state index in [9.17, 15) is 0 Å². The van der Waals surface area contributed by atoms with Crippen LogP contribution in [0, 0.1) is 0 Å². The second-order valence-electron chi connectivity index (χ2n) is 15.7. The Morgan fingerprint density at radius 3 is 2.00 bits per heavy atom. The number of benzene rings is 9. The second kappa shape index (κ2) is 13.7. The number of fused-ring (bicyclic) bond motifs is 8. The van der Waals surface area contributed by atoms with Gasteiger partial charge in [-0.05, 0) is 124 Å². The van der Waals surface area contributed by atoms with Crippen LogP contribution in [-0.2, 0) is 0 Å². The van der Waals surface area contributed by atoms with Gasteiger partial charge in [-0.25, -0.2) is 0 Å². The highest BCUT2D eigenvalue weighted by atomic mass is 32.1. The van der Waals surface area contributed by atoms with E-state index in [0.717, 1.165) is 29.9 Å². The van der Waals surface area contributed by atoms with Crippen LogP contribution in [0.25, 0.3) is 85.9 Å². The smallest absolute Gasteiger partial charge is 0.0547 e. The van der Waals surface area contributed by atoms with Gasteiger partial charge in [0, 0.05) is 59.3 Å². The van der Waals surface area contributed by atoms with Gasteiger partial charge < -0.3 is 9.47 Å². The van der Waals surface area contributed by atoms with Crippen LogP contribution in [0.4, 0.5) is 17.1 Å². The fourth-order valence-corrected chi connectivity index (χ4v) is 10.5. The lowest BCUT2D eigenvalue weighted by atomic mass is 9.96. The summed E-state index contributed by atoms with van der Waals surface area (Å²) in [4.78, 5) is 2.41. The zero-order valence-electron chi connectivity index (χ0n) is 32.3. The van der Waals surface area contributed by atoms with Crippen molar-refractivity contribution in [3.05, 3.63) is 212 Å². The number of hydrogen-bond donors (Lipinski definition) is 0. The van der Waals surface area contributed by atoms with Crippen LogP contribution in [0.2, 0.25) is 0 Å². The van der Waals surface area contributed by atoms with Crippen molar-refractivity contribution >= 4 is 97.5 Å². The summed E-state index contributed by atoms with van der Waals surface area (Å²) in [5, 5.41) is 10.1. The molecule has 0 atom stereocenters. The Bertz CT molecular complexity index is 3510. The molecule has 12 rings (SSSR count). The van der Waals surface area contributed by atoms with E-state index in [1.165, 1.54) is 91.5 Å². The van der Waals surface area contributed by atoms with Gasteiger partial charge in [0.05, 0.1) is 11.0 Å². The van der Waals surface area contributed by atoms with Crippen LogP contribution >= 0.6 is 11.3 Å². The minimum atomic E-state index is 1.06. The van der Waals surface area contributed by atoms with Crippen molar-refractivity contribution in [1.29, 1.82) is 0 Å². The Morgan fingerprint density at radius 2 is 1.17 bits per heavy atom. The normalized spacial score (nSPS) is 13.0. The molecule has 2 aromatic heterocycles. The van der Waals surface area contributed by atoms with Crippen LogP contribution in [0.15, 0.2) is 206 Å². The van der Waals surface area contributed by atoms with Crippen LogP contribution in [0.1, 0.15) is 18.4 Å². The SMILES string of the molecule is C1=CCCC(c2cccc(N(c3ccc(-c4cc(-n5c6ccccc6c6cc7ccccc7cc65)cc5c4sc4ccccc45)cc3)c3ccc4ccccc4c3)c2)=C1. The second-order valence-corrected chi connectivity index (χ2v) is 16.7. The number of anilines is 3. The van der Waals surface area contributed by atoms with Gasteiger partial charge in [0.15, 0.2) is 0 Å². The summed E-state index contributed by atoms with van der Waals surface area (Å²) in [6, 6.07) is 69.7. The lowest BCUT2D eigenvalue weighted by molar-refractivity contribution is 1.05. The lowest BCUT2D eigenvalue weighted by Gasteiger charge is -2.27. The van der Waals surface area contributed by atoms with E-state index >= 15 is 0 Å². The monoisotopic (exact) mass is 770 g/mol. The third-order valence-electron chi connectivity index (χ3n) is 12.2. The van der Waals surface area contributed by atoms with E-state index < -0.39 is 0 Å². The van der Waals surface area contributed by atoms with Crippen LogP contribution in [0.3, 0.4) is 0 Å². The Hall–Kier alpha value is -7.20. The first kappa shape index (κ1) is 33.9. The van der Waals surface area contributed by atoms with Crippen molar-refractivity contribution in [2.24, 2.45) is 0 Å². The molecule has 0 spiro atoms. The Labute approximate surface area is 346 Å². The predicted octanol–water partition coefficient (Wildman–Crippen LogP) is 16.3. The van der Waals surface area contributed by atoms with Gasteiger partial charge in [-0.2, -0.15) is 0 Å². The fourth-order valence-electron chi connectivity index (χ4n) is 9.33. The van der Waals surface area contributed by atoms with E-state index in [-0.39, 0.29) is 0 Å². The molecule has 0 N–H and O–H groups in total. The molecule has 1 aliphatic carbocycles. The third kappa shape index (κ3) is 5.69. The van der Waals surface area contributed by atoms with E-state index in [1.807, 2.05) is 11.3 Å². The molecule has 3 heteroatoms. The van der Waals surface area contributed by atoms with E-state index in [1.54, 1.807) is 0 Å². The molecule has 59 heavy (non-hydrogen) atoms. The van der Waals surface area contributed by atoms with Gasteiger partial charge >= 0.3 is 0 Å². The van der Waals surface area contributed by atoms with Gasteiger partial charge in [-0.15, -0.1) is 11.3 Å². The Balaban J connectivity index is 1.05. The fraction of sp³-hybridized carbons (Fsp3) is 0.0357. The van der Waals surface area contributed by atoms with Gasteiger partial charge in [0.1, 0.15) is 0 Å². The summed E-state index contributed by atoms with van der Waals surface area (Å²) in [5.41, 5.74) is 12.1. The molecule has 0 unspecified atom stereocenters. The first-order valence-electron chi connectivity index (χ1n) is 20.5. The van der Waals surface area contributed by atoms with E-state index in [2.05, 4.69) is 216 Å². The topological polar surface area (TPSA) is 8.17 Å². The lowest BCUT2D eigenvalue weighted by Crippen LogP contribution is -2.10. The summed E-state index contributed by atoms with van der Waals surface area (Å²) in [6.45, 7) is 0. The van der Waals surface area contributed by atoms with Crippen molar-refractivity contribution in [2.75, 3.05) is 4.90 Å². The molecule has 2 heterocycles. The first-order chi connectivity index (χ1) is 29.2. The molecule has 0 radical (unpaired) electrons. The summed E-state index contributed by atoms with van der Waals surface area (Å²) in [6.07, 6.45) is 8.84.